The summed E-state index contributed by atoms with van der Waals surface area (Å²) in [5, 5.41) is 9.06. The molecule has 2 unspecified atom stereocenters. The maximum absolute atomic E-state index is 11.0. The molecule has 2 heteroatoms. The van der Waals surface area contributed by atoms with Crippen LogP contribution in [0.3, 0.4) is 0 Å². The lowest BCUT2D eigenvalue weighted by atomic mass is 9.90. The number of hydrogen-bond donors (Lipinski definition) is 1. The van der Waals surface area contributed by atoms with Crippen molar-refractivity contribution in [3.05, 3.63) is 35.9 Å². The highest BCUT2D eigenvalue weighted by Crippen LogP contribution is 2.34. The number of benzene rings is 1. The molecule has 2 rings (SSSR count). The van der Waals surface area contributed by atoms with E-state index in [1.165, 1.54) is 5.56 Å². The molecule has 0 heterocycles. The summed E-state index contributed by atoms with van der Waals surface area (Å²) in [4.78, 5) is 11.0. The number of carboxylic acids is 1. The van der Waals surface area contributed by atoms with Crippen molar-refractivity contribution in [1.29, 1.82) is 0 Å². The zero-order valence-corrected chi connectivity index (χ0v) is 8.73. The first kappa shape index (κ1) is 10.2. The zero-order chi connectivity index (χ0) is 10.7. The van der Waals surface area contributed by atoms with Gasteiger partial charge in [0.1, 0.15) is 0 Å². The minimum absolute atomic E-state index is 0.120. The van der Waals surface area contributed by atoms with E-state index in [2.05, 4.69) is 12.1 Å². The van der Waals surface area contributed by atoms with Crippen molar-refractivity contribution in [2.75, 3.05) is 0 Å². The van der Waals surface area contributed by atoms with E-state index >= 15 is 0 Å². The molecule has 0 aliphatic heterocycles. The molecule has 1 fully saturated rings. The van der Waals surface area contributed by atoms with Crippen LogP contribution in [0.5, 0.6) is 0 Å². The van der Waals surface area contributed by atoms with E-state index in [9.17, 15) is 4.79 Å². The second kappa shape index (κ2) is 4.47. The molecule has 1 aliphatic carbocycles. The third-order valence-electron chi connectivity index (χ3n) is 3.32. The minimum atomic E-state index is -0.617. The van der Waals surface area contributed by atoms with Crippen molar-refractivity contribution in [3.8, 4) is 0 Å². The molecule has 2 atom stereocenters. The molecular formula is C13H16O2. The zero-order valence-electron chi connectivity index (χ0n) is 8.73. The summed E-state index contributed by atoms with van der Waals surface area (Å²) in [6.07, 6.45) is 3.89. The van der Waals surface area contributed by atoms with Crippen LogP contribution in [0, 0.1) is 11.8 Å². The Morgan fingerprint density at radius 3 is 2.67 bits per heavy atom. The maximum Gasteiger partial charge on any atom is 0.306 e. The lowest BCUT2D eigenvalue weighted by Crippen LogP contribution is -2.19. The maximum atomic E-state index is 11.0. The third-order valence-corrected chi connectivity index (χ3v) is 3.32. The fourth-order valence-electron chi connectivity index (χ4n) is 2.52. The minimum Gasteiger partial charge on any atom is -0.481 e. The molecule has 1 aromatic carbocycles. The van der Waals surface area contributed by atoms with Crippen LogP contribution in [0.2, 0.25) is 0 Å². The molecule has 0 saturated heterocycles. The molecule has 0 amide bonds. The molecule has 1 aliphatic rings. The van der Waals surface area contributed by atoms with Gasteiger partial charge in [-0.15, -0.1) is 0 Å². The summed E-state index contributed by atoms with van der Waals surface area (Å²) in [6, 6.07) is 10.2. The van der Waals surface area contributed by atoms with Gasteiger partial charge in [-0.3, -0.25) is 4.79 Å². The SMILES string of the molecule is O=C(O)C1CCCC1Cc1ccccc1. The molecule has 0 radical (unpaired) electrons. The van der Waals surface area contributed by atoms with Crippen molar-refractivity contribution in [2.24, 2.45) is 11.8 Å². The van der Waals surface area contributed by atoms with Gasteiger partial charge in [-0.05, 0) is 30.7 Å². The van der Waals surface area contributed by atoms with E-state index < -0.39 is 5.97 Å². The Bertz CT molecular complexity index is 332. The second-order valence-corrected chi connectivity index (χ2v) is 4.33. The Kier molecular flexibility index (Phi) is 3.05. The Labute approximate surface area is 89.9 Å². The topological polar surface area (TPSA) is 37.3 Å². The van der Waals surface area contributed by atoms with Crippen molar-refractivity contribution < 1.29 is 9.90 Å². The van der Waals surface area contributed by atoms with Crippen LogP contribution in [-0.2, 0) is 11.2 Å². The summed E-state index contributed by atoms with van der Waals surface area (Å²) >= 11 is 0. The summed E-state index contributed by atoms with van der Waals surface area (Å²) in [6.45, 7) is 0. The van der Waals surface area contributed by atoms with Crippen LogP contribution < -0.4 is 0 Å². The largest absolute Gasteiger partial charge is 0.481 e. The van der Waals surface area contributed by atoms with Crippen LogP contribution in [0.1, 0.15) is 24.8 Å². The van der Waals surface area contributed by atoms with Crippen molar-refractivity contribution in [3.63, 3.8) is 0 Å². The molecule has 2 nitrogen and oxygen atoms in total. The van der Waals surface area contributed by atoms with Gasteiger partial charge >= 0.3 is 5.97 Å². The van der Waals surface area contributed by atoms with Crippen LogP contribution in [0.25, 0.3) is 0 Å². The Morgan fingerprint density at radius 1 is 1.27 bits per heavy atom. The molecular weight excluding hydrogens is 188 g/mol. The van der Waals surface area contributed by atoms with Crippen molar-refractivity contribution >= 4 is 5.97 Å². The molecule has 15 heavy (non-hydrogen) atoms. The summed E-state index contributed by atoms with van der Waals surface area (Å²) < 4.78 is 0. The molecule has 80 valence electrons. The summed E-state index contributed by atoms with van der Waals surface area (Å²) in [7, 11) is 0. The van der Waals surface area contributed by atoms with Gasteiger partial charge < -0.3 is 5.11 Å². The van der Waals surface area contributed by atoms with Gasteiger partial charge in [0.25, 0.3) is 0 Å². The highest BCUT2D eigenvalue weighted by molar-refractivity contribution is 5.70. The second-order valence-electron chi connectivity index (χ2n) is 4.33. The van der Waals surface area contributed by atoms with Gasteiger partial charge in [-0.1, -0.05) is 36.8 Å². The third kappa shape index (κ3) is 2.38. The van der Waals surface area contributed by atoms with E-state index in [1.54, 1.807) is 0 Å². The van der Waals surface area contributed by atoms with E-state index in [0.29, 0.717) is 5.92 Å². The van der Waals surface area contributed by atoms with Gasteiger partial charge in [-0.2, -0.15) is 0 Å². The molecule has 0 bridgehead atoms. The lowest BCUT2D eigenvalue weighted by molar-refractivity contribution is -0.142. The predicted molar refractivity (Wildman–Crippen MR) is 58.6 cm³/mol. The highest BCUT2D eigenvalue weighted by Gasteiger charge is 2.32. The first-order valence-corrected chi connectivity index (χ1v) is 5.54. The number of rotatable bonds is 3. The predicted octanol–water partition coefficient (Wildman–Crippen LogP) is 2.73. The van der Waals surface area contributed by atoms with Gasteiger partial charge in [0.15, 0.2) is 0 Å². The smallest absolute Gasteiger partial charge is 0.306 e. The van der Waals surface area contributed by atoms with Gasteiger partial charge in [0, 0.05) is 0 Å². The molecule has 1 aromatic rings. The Balaban J connectivity index is 2.03. The number of carboxylic acid groups (broad SMARTS) is 1. The first-order chi connectivity index (χ1) is 7.27. The van der Waals surface area contributed by atoms with E-state index in [1.807, 2.05) is 18.2 Å². The average molecular weight is 204 g/mol. The Morgan fingerprint density at radius 2 is 2.00 bits per heavy atom. The van der Waals surface area contributed by atoms with Crippen LogP contribution in [0.4, 0.5) is 0 Å². The van der Waals surface area contributed by atoms with Gasteiger partial charge in [-0.25, -0.2) is 0 Å². The van der Waals surface area contributed by atoms with E-state index in [-0.39, 0.29) is 5.92 Å². The quantitative estimate of drug-likeness (QED) is 0.822. The monoisotopic (exact) mass is 204 g/mol. The number of carbonyl (C=O) groups is 1. The molecule has 0 spiro atoms. The Hall–Kier alpha value is -1.31. The molecule has 1 saturated carbocycles. The van der Waals surface area contributed by atoms with Crippen LogP contribution in [0.15, 0.2) is 30.3 Å². The van der Waals surface area contributed by atoms with Crippen LogP contribution >= 0.6 is 0 Å². The standard InChI is InChI=1S/C13H16O2/c14-13(15)12-8-4-7-11(12)9-10-5-2-1-3-6-10/h1-3,5-6,11-12H,4,7-9H2,(H,14,15). The van der Waals surface area contributed by atoms with Gasteiger partial charge in [0.05, 0.1) is 5.92 Å². The lowest BCUT2D eigenvalue weighted by Gasteiger charge is -2.15. The molecule has 0 aromatic heterocycles. The number of aliphatic carboxylic acids is 1. The van der Waals surface area contributed by atoms with Crippen molar-refractivity contribution in [2.45, 2.75) is 25.7 Å². The highest BCUT2D eigenvalue weighted by atomic mass is 16.4. The summed E-state index contributed by atoms with van der Waals surface area (Å²) in [5.74, 6) is -0.400. The first-order valence-electron chi connectivity index (χ1n) is 5.54. The van der Waals surface area contributed by atoms with E-state index in [4.69, 9.17) is 5.11 Å². The number of hydrogen-bond acceptors (Lipinski definition) is 1. The van der Waals surface area contributed by atoms with Gasteiger partial charge in [0.2, 0.25) is 0 Å². The fraction of sp³-hybridized carbons (Fsp3) is 0.462. The van der Waals surface area contributed by atoms with Crippen LogP contribution in [-0.4, -0.2) is 11.1 Å². The summed E-state index contributed by atoms with van der Waals surface area (Å²) in [5.41, 5.74) is 1.26. The normalized spacial score (nSPS) is 25.3. The average Bonchev–Trinajstić information content (AvgIpc) is 2.67. The fourth-order valence-corrected chi connectivity index (χ4v) is 2.52. The van der Waals surface area contributed by atoms with Crippen molar-refractivity contribution in [1.82, 2.24) is 0 Å². The van der Waals surface area contributed by atoms with E-state index in [0.717, 1.165) is 25.7 Å². The molecule has 1 N–H and O–H groups in total.